The van der Waals surface area contributed by atoms with E-state index in [9.17, 15) is 4.79 Å². The van der Waals surface area contributed by atoms with Crippen LogP contribution in [0.15, 0.2) is 36.4 Å². The average molecular weight is 306 g/mol. The van der Waals surface area contributed by atoms with E-state index in [1.54, 1.807) is 9.58 Å². The molecule has 1 aromatic carbocycles. The predicted octanol–water partition coefficient (Wildman–Crippen LogP) is 3.09. The largest absolute Gasteiger partial charge is 0.332 e. The number of hydrogen-bond acceptors (Lipinski definition) is 2. The van der Waals surface area contributed by atoms with Crippen LogP contribution in [0.1, 0.15) is 28.7 Å². The van der Waals surface area contributed by atoms with Crippen molar-refractivity contribution in [1.82, 2.24) is 14.7 Å². The molecule has 0 radical (unpaired) electrons. The van der Waals surface area contributed by atoms with E-state index in [4.69, 9.17) is 11.6 Å². The van der Waals surface area contributed by atoms with Crippen LogP contribution in [0.3, 0.4) is 0 Å². The molecular formula is C16H20ClN3O. The van der Waals surface area contributed by atoms with E-state index >= 15 is 0 Å². The third-order valence-corrected chi connectivity index (χ3v) is 3.45. The van der Waals surface area contributed by atoms with E-state index < -0.39 is 0 Å². The Morgan fingerprint density at radius 1 is 1.33 bits per heavy atom. The first-order valence-electron chi connectivity index (χ1n) is 7.09. The zero-order valence-electron chi connectivity index (χ0n) is 12.4. The summed E-state index contributed by atoms with van der Waals surface area (Å²) in [6, 6.07) is 11.8. The summed E-state index contributed by atoms with van der Waals surface area (Å²) in [6.45, 7) is 5.62. The number of aryl methyl sites for hydroxylation is 2. The first-order valence-corrected chi connectivity index (χ1v) is 7.62. The molecule has 5 heteroatoms. The molecule has 2 aromatic rings. The summed E-state index contributed by atoms with van der Waals surface area (Å²) in [7, 11) is 0. The van der Waals surface area contributed by atoms with Crippen LogP contribution in [0, 0.1) is 6.92 Å². The van der Waals surface area contributed by atoms with Crippen molar-refractivity contribution in [2.45, 2.75) is 26.9 Å². The fraction of sp³-hybridized carbons (Fsp3) is 0.375. The van der Waals surface area contributed by atoms with E-state index in [1.165, 1.54) is 0 Å². The second kappa shape index (κ2) is 7.27. The lowest BCUT2D eigenvalue weighted by Gasteiger charge is -2.22. The minimum atomic E-state index is -0.0260. The molecular weight excluding hydrogens is 286 g/mol. The summed E-state index contributed by atoms with van der Waals surface area (Å²) < 4.78 is 1.74. The normalized spacial score (nSPS) is 10.6. The Labute approximate surface area is 130 Å². The molecule has 0 saturated carbocycles. The molecule has 0 spiro atoms. The summed E-state index contributed by atoms with van der Waals surface area (Å²) in [6.07, 6.45) is 0. The highest BCUT2D eigenvalue weighted by atomic mass is 35.5. The molecule has 0 aliphatic rings. The van der Waals surface area contributed by atoms with Crippen molar-refractivity contribution in [3.05, 3.63) is 53.3 Å². The Balaban J connectivity index is 2.22. The quantitative estimate of drug-likeness (QED) is 0.769. The van der Waals surface area contributed by atoms with Gasteiger partial charge in [0.15, 0.2) is 0 Å². The van der Waals surface area contributed by atoms with Crippen LogP contribution in [0.5, 0.6) is 0 Å². The molecule has 4 nitrogen and oxygen atoms in total. The standard InChI is InChI=1S/C16H20ClN3O/c1-3-20-15(11-13(2)18-20)16(21)19(10-9-17)12-14-7-5-4-6-8-14/h4-8,11H,3,9-10,12H2,1-2H3. The van der Waals surface area contributed by atoms with Gasteiger partial charge in [0.05, 0.1) is 5.69 Å². The lowest BCUT2D eigenvalue weighted by atomic mass is 10.2. The van der Waals surface area contributed by atoms with E-state index in [0.29, 0.717) is 31.2 Å². The van der Waals surface area contributed by atoms with Crippen LogP contribution in [0.25, 0.3) is 0 Å². The number of hydrogen-bond donors (Lipinski definition) is 0. The van der Waals surface area contributed by atoms with E-state index in [2.05, 4.69) is 5.10 Å². The van der Waals surface area contributed by atoms with Crippen LogP contribution in [-0.4, -0.2) is 33.0 Å². The predicted molar refractivity (Wildman–Crippen MR) is 84.5 cm³/mol. The fourth-order valence-electron chi connectivity index (χ4n) is 2.28. The van der Waals surface area contributed by atoms with Crippen molar-refractivity contribution >= 4 is 17.5 Å². The third kappa shape index (κ3) is 3.85. The summed E-state index contributed by atoms with van der Waals surface area (Å²) in [5.41, 5.74) is 2.57. The molecule has 2 rings (SSSR count). The average Bonchev–Trinajstić information content (AvgIpc) is 2.88. The zero-order chi connectivity index (χ0) is 15.2. The Morgan fingerprint density at radius 3 is 2.67 bits per heavy atom. The van der Waals surface area contributed by atoms with Gasteiger partial charge in [-0.15, -0.1) is 11.6 Å². The number of halogens is 1. The smallest absolute Gasteiger partial charge is 0.272 e. The van der Waals surface area contributed by atoms with Gasteiger partial charge in [-0.3, -0.25) is 9.48 Å². The molecule has 1 amide bonds. The molecule has 0 unspecified atom stereocenters. The molecule has 0 saturated heterocycles. The number of alkyl halides is 1. The highest BCUT2D eigenvalue weighted by Crippen LogP contribution is 2.12. The third-order valence-electron chi connectivity index (χ3n) is 3.28. The van der Waals surface area contributed by atoms with Crippen molar-refractivity contribution in [2.24, 2.45) is 0 Å². The highest BCUT2D eigenvalue weighted by molar-refractivity contribution is 6.18. The summed E-state index contributed by atoms with van der Waals surface area (Å²) >= 11 is 5.86. The maximum Gasteiger partial charge on any atom is 0.272 e. The van der Waals surface area contributed by atoms with Gasteiger partial charge in [0.25, 0.3) is 5.91 Å². The second-order valence-electron chi connectivity index (χ2n) is 4.89. The number of nitrogens with zero attached hydrogens (tertiary/aromatic N) is 3. The van der Waals surface area contributed by atoms with Gasteiger partial charge in [-0.1, -0.05) is 30.3 Å². The summed E-state index contributed by atoms with van der Waals surface area (Å²) in [5, 5.41) is 4.34. The lowest BCUT2D eigenvalue weighted by Crippen LogP contribution is -2.33. The number of carbonyl (C=O) groups is 1. The van der Waals surface area contributed by atoms with Gasteiger partial charge in [0.2, 0.25) is 0 Å². The van der Waals surface area contributed by atoms with Crippen LogP contribution in [0.2, 0.25) is 0 Å². The SMILES string of the molecule is CCn1nc(C)cc1C(=O)N(CCCl)Cc1ccccc1. The van der Waals surface area contributed by atoms with Crippen LogP contribution < -0.4 is 0 Å². The minimum absolute atomic E-state index is 0.0260. The van der Waals surface area contributed by atoms with E-state index in [0.717, 1.165) is 11.3 Å². The number of rotatable bonds is 6. The first kappa shape index (κ1) is 15.6. The fourth-order valence-corrected chi connectivity index (χ4v) is 2.48. The van der Waals surface area contributed by atoms with Gasteiger partial charge in [0, 0.05) is 25.5 Å². The highest BCUT2D eigenvalue weighted by Gasteiger charge is 2.20. The monoisotopic (exact) mass is 305 g/mol. The van der Waals surface area contributed by atoms with Gasteiger partial charge < -0.3 is 4.90 Å². The van der Waals surface area contributed by atoms with Crippen LogP contribution in [-0.2, 0) is 13.1 Å². The maximum absolute atomic E-state index is 12.7. The van der Waals surface area contributed by atoms with Crippen molar-refractivity contribution in [3.8, 4) is 0 Å². The molecule has 0 atom stereocenters. The lowest BCUT2D eigenvalue weighted by molar-refractivity contribution is 0.0741. The van der Waals surface area contributed by atoms with Crippen molar-refractivity contribution < 1.29 is 4.79 Å². The molecule has 1 aromatic heterocycles. The van der Waals surface area contributed by atoms with Gasteiger partial charge in [-0.2, -0.15) is 5.10 Å². The second-order valence-corrected chi connectivity index (χ2v) is 5.27. The zero-order valence-corrected chi connectivity index (χ0v) is 13.2. The molecule has 0 fully saturated rings. The Morgan fingerprint density at radius 2 is 2.05 bits per heavy atom. The van der Waals surface area contributed by atoms with Gasteiger partial charge in [-0.05, 0) is 25.5 Å². The van der Waals surface area contributed by atoms with Gasteiger partial charge in [0.1, 0.15) is 5.69 Å². The topological polar surface area (TPSA) is 38.1 Å². The first-order chi connectivity index (χ1) is 10.2. The van der Waals surface area contributed by atoms with Crippen molar-refractivity contribution in [2.75, 3.05) is 12.4 Å². The van der Waals surface area contributed by atoms with Crippen LogP contribution in [0.4, 0.5) is 0 Å². The summed E-state index contributed by atoms with van der Waals surface area (Å²) in [5.74, 6) is 0.389. The number of carbonyl (C=O) groups excluding carboxylic acids is 1. The molecule has 112 valence electrons. The van der Waals surface area contributed by atoms with Gasteiger partial charge >= 0.3 is 0 Å². The number of aromatic nitrogens is 2. The Hall–Kier alpha value is -1.81. The maximum atomic E-state index is 12.7. The molecule has 0 aliphatic carbocycles. The molecule has 21 heavy (non-hydrogen) atoms. The number of amides is 1. The van der Waals surface area contributed by atoms with Crippen molar-refractivity contribution in [3.63, 3.8) is 0 Å². The van der Waals surface area contributed by atoms with Crippen molar-refractivity contribution in [1.29, 1.82) is 0 Å². The summed E-state index contributed by atoms with van der Waals surface area (Å²) in [4.78, 5) is 14.5. The molecule has 0 bridgehead atoms. The van der Waals surface area contributed by atoms with E-state index in [-0.39, 0.29) is 5.91 Å². The molecule has 1 heterocycles. The van der Waals surface area contributed by atoms with E-state index in [1.807, 2.05) is 50.2 Å². The van der Waals surface area contributed by atoms with Crippen LogP contribution >= 0.6 is 11.6 Å². The molecule has 0 N–H and O–H groups in total. The molecule has 0 aliphatic heterocycles. The Kier molecular flexibility index (Phi) is 5.39. The number of benzene rings is 1. The van der Waals surface area contributed by atoms with Gasteiger partial charge in [-0.25, -0.2) is 0 Å². The minimum Gasteiger partial charge on any atom is -0.332 e. The Bertz CT molecular complexity index is 595.